The lowest BCUT2D eigenvalue weighted by Crippen LogP contribution is -2.39. The van der Waals surface area contributed by atoms with Crippen molar-refractivity contribution in [3.8, 4) is 16.3 Å². The van der Waals surface area contributed by atoms with Crippen molar-refractivity contribution >= 4 is 29.7 Å². The molecule has 3 N–H and O–H groups in total. The zero-order valence-electron chi connectivity index (χ0n) is 15.2. The Kier molecular flexibility index (Phi) is 7.86. The maximum atomic E-state index is 12.2. The molecule has 1 aromatic carbocycles. The van der Waals surface area contributed by atoms with E-state index in [1.807, 2.05) is 52.0 Å². The number of hydrogen-bond acceptors (Lipinski definition) is 5. The van der Waals surface area contributed by atoms with E-state index in [0.717, 1.165) is 26.9 Å². The van der Waals surface area contributed by atoms with E-state index >= 15 is 0 Å². The van der Waals surface area contributed by atoms with Gasteiger partial charge in [0.1, 0.15) is 10.8 Å². The van der Waals surface area contributed by atoms with Crippen LogP contribution in [0.1, 0.15) is 37.4 Å². The summed E-state index contributed by atoms with van der Waals surface area (Å²) >= 11 is 1.60. The van der Waals surface area contributed by atoms with Crippen molar-refractivity contribution in [3.63, 3.8) is 0 Å². The standard InChI is InChI=1S/C18H25N3O2S.ClH/c1-10(11(2)19)17(22)20-12(3)16-13(4)21-18(24-16)14-6-8-15(23-5)9-7-14;/h6-12H,19H2,1-5H3,(H,20,22);1H. The van der Waals surface area contributed by atoms with Gasteiger partial charge in [-0.25, -0.2) is 4.98 Å². The van der Waals surface area contributed by atoms with Gasteiger partial charge in [0.15, 0.2) is 0 Å². The molecule has 2 rings (SSSR count). The van der Waals surface area contributed by atoms with Crippen LogP contribution in [0.15, 0.2) is 24.3 Å². The van der Waals surface area contributed by atoms with Crippen molar-refractivity contribution in [1.29, 1.82) is 0 Å². The van der Waals surface area contributed by atoms with Crippen LogP contribution in [-0.4, -0.2) is 24.0 Å². The summed E-state index contributed by atoms with van der Waals surface area (Å²) in [6.45, 7) is 7.63. The summed E-state index contributed by atoms with van der Waals surface area (Å²) in [5.41, 5.74) is 7.78. The highest BCUT2D eigenvalue weighted by Crippen LogP contribution is 2.32. The van der Waals surface area contributed by atoms with Gasteiger partial charge >= 0.3 is 0 Å². The van der Waals surface area contributed by atoms with Gasteiger partial charge in [-0.05, 0) is 45.0 Å². The number of nitrogens with zero attached hydrogens (tertiary/aromatic N) is 1. The summed E-state index contributed by atoms with van der Waals surface area (Å²) in [4.78, 5) is 17.9. The largest absolute Gasteiger partial charge is 0.497 e. The van der Waals surface area contributed by atoms with Gasteiger partial charge in [-0.3, -0.25) is 4.79 Å². The third-order valence-electron chi connectivity index (χ3n) is 4.12. The molecule has 2 aromatic rings. The molecular formula is C18H26ClN3O2S. The van der Waals surface area contributed by atoms with Gasteiger partial charge in [-0.2, -0.15) is 0 Å². The van der Waals surface area contributed by atoms with E-state index in [1.165, 1.54) is 0 Å². The van der Waals surface area contributed by atoms with Crippen LogP contribution >= 0.6 is 23.7 Å². The van der Waals surface area contributed by atoms with E-state index in [-0.39, 0.29) is 36.3 Å². The second-order valence-corrected chi connectivity index (χ2v) is 7.11. The summed E-state index contributed by atoms with van der Waals surface area (Å²) in [5.74, 6) is 0.566. The third kappa shape index (κ3) is 5.17. The van der Waals surface area contributed by atoms with Crippen LogP contribution in [0.3, 0.4) is 0 Å². The van der Waals surface area contributed by atoms with Crippen molar-refractivity contribution < 1.29 is 9.53 Å². The van der Waals surface area contributed by atoms with E-state index in [1.54, 1.807) is 18.4 Å². The highest BCUT2D eigenvalue weighted by atomic mass is 35.5. The van der Waals surface area contributed by atoms with E-state index in [2.05, 4.69) is 10.3 Å². The minimum Gasteiger partial charge on any atom is -0.497 e. The second kappa shape index (κ2) is 9.17. The number of carbonyl (C=O) groups is 1. The quantitative estimate of drug-likeness (QED) is 0.797. The molecule has 7 heteroatoms. The zero-order valence-corrected chi connectivity index (χ0v) is 16.8. The normalized spacial score (nSPS) is 14.2. The highest BCUT2D eigenvalue weighted by molar-refractivity contribution is 7.15. The molecule has 1 amide bonds. The number of nitrogens with one attached hydrogen (secondary N) is 1. The first kappa shape index (κ1) is 21.4. The van der Waals surface area contributed by atoms with Crippen molar-refractivity contribution in [3.05, 3.63) is 34.8 Å². The number of aryl methyl sites for hydroxylation is 1. The number of halogens is 1. The Hall–Kier alpha value is -1.63. The number of thiazole rings is 1. The monoisotopic (exact) mass is 383 g/mol. The zero-order chi connectivity index (χ0) is 17.9. The average molecular weight is 384 g/mol. The van der Waals surface area contributed by atoms with Crippen LogP contribution in [0.25, 0.3) is 10.6 Å². The molecule has 138 valence electrons. The number of hydrogen-bond donors (Lipinski definition) is 2. The highest BCUT2D eigenvalue weighted by Gasteiger charge is 2.22. The van der Waals surface area contributed by atoms with Crippen molar-refractivity contribution in [2.24, 2.45) is 11.7 Å². The minimum atomic E-state index is -0.221. The fourth-order valence-electron chi connectivity index (χ4n) is 2.32. The maximum Gasteiger partial charge on any atom is 0.224 e. The molecule has 0 radical (unpaired) electrons. The number of amides is 1. The summed E-state index contributed by atoms with van der Waals surface area (Å²) < 4.78 is 5.18. The summed E-state index contributed by atoms with van der Waals surface area (Å²) in [6.07, 6.45) is 0. The predicted octanol–water partition coefficient (Wildman–Crippen LogP) is 3.71. The molecule has 0 saturated heterocycles. The first-order valence-corrected chi connectivity index (χ1v) is 8.82. The SMILES string of the molecule is COc1ccc(-c2nc(C)c(C(C)NC(=O)C(C)C(C)N)s2)cc1.Cl. The van der Waals surface area contributed by atoms with E-state index in [4.69, 9.17) is 10.5 Å². The molecule has 0 aliphatic heterocycles. The Morgan fingerprint density at radius 2 is 1.84 bits per heavy atom. The van der Waals surface area contributed by atoms with Crippen LogP contribution < -0.4 is 15.8 Å². The summed E-state index contributed by atoms with van der Waals surface area (Å²) in [5, 5.41) is 3.97. The summed E-state index contributed by atoms with van der Waals surface area (Å²) in [6, 6.07) is 7.55. The number of carbonyl (C=O) groups excluding carboxylic acids is 1. The number of ether oxygens (including phenoxy) is 1. The number of aromatic nitrogens is 1. The Morgan fingerprint density at radius 1 is 1.24 bits per heavy atom. The minimum absolute atomic E-state index is 0. The van der Waals surface area contributed by atoms with Gasteiger partial charge < -0.3 is 15.8 Å². The molecule has 0 spiro atoms. The molecule has 0 fully saturated rings. The van der Waals surface area contributed by atoms with E-state index < -0.39 is 0 Å². The lowest BCUT2D eigenvalue weighted by molar-refractivity contribution is -0.125. The Bertz CT molecular complexity index is 701. The van der Waals surface area contributed by atoms with E-state index in [0.29, 0.717) is 0 Å². The van der Waals surface area contributed by atoms with Crippen LogP contribution in [0, 0.1) is 12.8 Å². The van der Waals surface area contributed by atoms with Crippen molar-refractivity contribution in [2.45, 2.75) is 39.8 Å². The molecule has 0 bridgehead atoms. The van der Waals surface area contributed by atoms with Gasteiger partial charge in [0, 0.05) is 17.5 Å². The molecule has 25 heavy (non-hydrogen) atoms. The molecular weight excluding hydrogens is 358 g/mol. The Morgan fingerprint density at radius 3 is 2.36 bits per heavy atom. The smallest absolute Gasteiger partial charge is 0.224 e. The first-order chi connectivity index (χ1) is 11.3. The molecule has 3 unspecified atom stereocenters. The molecule has 0 aliphatic rings. The lowest BCUT2D eigenvalue weighted by atomic mass is 10.0. The van der Waals surface area contributed by atoms with Crippen molar-refractivity contribution in [2.75, 3.05) is 7.11 Å². The van der Waals surface area contributed by atoms with Gasteiger partial charge in [0.05, 0.1) is 23.7 Å². The number of nitrogens with two attached hydrogens (primary N) is 1. The van der Waals surface area contributed by atoms with Crippen LogP contribution in [0.2, 0.25) is 0 Å². The topological polar surface area (TPSA) is 77.2 Å². The van der Waals surface area contributed by atoms with E-state index in [9.17, 15) is 4.79 Å². The Balaban J connectivity index is 0.00000312. The molecule has 0 saturated carbocycles. The number of methoxy groups -OCH3 is 1. The number of rotatable bonds is 6. The maximum absolute atomic E-state index is 12.2. The fraction of sp³-hybridized carbons (Fsp3) is 0.444. The molecule has 3 atom stereocenters. The van der Waals surface area contributed by atoms with Gasteiger partial charge in [-0.15, -0.1) is 23.7 Å². The van der Waals surface area contributed by atoms with Crippen LogP contribution in [0.4, 0.5) is 0 Å². The van der Waals surface area contributed by atoms with Gasteiger partial charge in [-0.1, -0.05) is 6.92 Å². The number of benzene rings is 1. The Labute approximate surface area is 159 Å². The second-order valence-electron chi connectivity index (χ2n) is 6.08. The van der Waals surface area contributed by atoms with Crippen molar-refractivity contribution in [1.82, 2.24) is 10.3 Å². The lowest BCUT2D eigenvalue weighted by Gasteiger charge is -2.19. The van der Waals surface area contributed by atoms with Crippen LogP contribution in [0.5, 0.6) is 5.75 Å². The van der Waals surface area contributed by atoms with Crippen LogP contribution in [-0.2, 0) is 4.79 Å². The fourth-order valence-corrected chi connectivity index (χ4v) is 3.39. The van der Waals surface area contributed by atoms with Gasteiger partial charge in [0.25, 0.3) is 0 Å². The summed E-state index contributed by atoms with van der Waals surface area (Å²) in [7, 11) is 1.65. The van der Waals surface area contributed by atoms with Gasteiger partial charge in [0.2, 0.25) is 5.91 Å². The average Bonchev–Trinajstić information content (AvgIpc) is 2.95. The molecule has 0 aliphatic carbocycles. The molecule has 1 heterocycles. The first-order valence-electron chi connectivity index (χ1n) is 8.01. The molecule has 1 aromatic heterocycles. The predicted molar refractivity (Wildman–Crippen MR) is 105 cm³/mol. The third-order valence-corrected chi connectivity index (χ3v) is 5.51. The molecule has 5 nitrogen and oxygen atoms in total.